The van der Waals surface area contributed by atoms with Crippen molar-refractivity contribution in [1.29, 1.82) is 0 Å². The third-order valence-electron chi connectivity index (χ3n) is 2.40. The van der Waals surface area contributed by atoms with Gasteiger partial charge in [-0.2, -0.15) is 0 Å². The summed E-state index contributed by atoms with van der Waals surface area (Å²) in [5.41, 5.74) is 0.773. The number of nitrogens with one attached hydrogen (secondary N) is 1. The van der Waals surface area contributed by atoms with Crippen molar-refractivity contribution in [2.45, 2.75) is 0 Å². The molecule has 1 saturated heterocycles. The van der Waals surface area contributed by atoms with Crippen LogP contribution in [0.5, 0.6) is 11.5 Å². The van der Waals surface area contributed by atoms with Crippen LogP contribution in [-0.2, 0) is 4.79 Å². The second-order valence-corrected chi connectivity index (χ2v) is 5.77. The molecule has 5 nitrogen and oxygen atoms in total. The summed E-state index contributed by atoms with van der Waals surface area (Å²) in [5.74, 6) is 0.848. The zero-order chi connectivity index (χ0) is 14.0. The molecule has 1 aliphatic heterocycles. The molecule has 1 N–H and O–H groups in total. The van der Waals surface area contributed by atoms with E-state index in [1.807, 2.05) is 6.07 Å². The molecule has 0 radical (unpaired) electrons. The molecule has 1 aliphatic rings. The molecule has 1 aromatic rings. The van der Waals surface area contributed by atoms with E-state index >= 15 is 0 Å². The van der Waals surface area contributed by atoms with Crippen molar-refractivity contribution in [2.24, 2.45) is 0 Å². The molecule has 0 bridgehead atoms. The summed E-state index contributed by atoms with van der Waals surface area (Å²) in [6.07, 6.45) is 1.65. The van der Waals surface area contributed by atoms with Crippen molar-refractivity contribution >= 4 is 51.6 Å². The number of benzene rings is 1. The van der Waals surface area contributed by atoms with Crippen LogP contribution in [0, 0.1) is 3.57 Å². The van der Waals surface area contributed by atoms with Gasteiger partial charge in [0.1, 0.15) is 0 Å². The fourth-order valence-electron chi connectivity index (χ4n) is 1.59. The molecule has 0 saturated carbocycles. The molecule has 0 aromatic heterocycles. The van der Waals surface area contributed by atoms with E-state index in [0.717, 1.165) is 20.9 Å². The predicted octanol–water partition coefficient (Wildman–Crippen LogP) is 2.63. The Morgan fingerprint density at radius 1 is 1.26 bits per heavy atom. The Labute approximate surface area is 127 Å². The minimum absolute atomic E-state index is 0.355. The van der Waals surface area contributed by atoms with Gasteiger partial charge in [-0.3, -0.25) is 14.9 Å². The number of methoxy groups -OCH3 is 2. The van der Waals surface area contributed by atoms with Gasteiger partial charge >= 0.3 is 0 Å². The number of rotatable bonds is 3. The Kier molecular flexibility index (Phi) is 4.35. The third-order valence-corrected chi connectivity index (χ3v) is 4.01. The van der Waals surface area contributed by atoms with Crippen molar-refractivity contribution in [2.75, 3.05) is 14.2 Å². The minimum atomic E-state index is -0.375. The van der Waals surface area contributed by atoms with Crippen LogP contribution in [0.2, 0.25) is 0 Å². The highest BCUT2D eigenvalue weighted by molar-refractivity contribution is 14.1. The minimum Gasteiger partial charge on any atom is -0.493 e. The smallest absolute Gasteiger partial charge is 0.290 e. The van der Waals surface area contributed by atoms with Crippen LogP contribution in [0.25, 0.3) is 6.08 Å². The fourth-order valence-corrected chi connectivity index (χ4v) is 3.12. The Bertz CT molecular complexity index is 585. The highest BCUT2D eigenvalue weighted by Gasteiger charge is 2.25. The highest BCUT2D eigenvalue weighted by Crippen LogP contribution is 2.35. The van der Waals surface area contributed by atoms with Gasteiger partial charge in [-0.15, -0.1) is 0 Å². The molecule has 7 heteroatoms. The maximum absolute atomic E-state index is 11.5. The van der Waals surface area contributed by atoms with Crippen molar-refractivity contribution in [3.05, 3.63) is 26.2 Å². The number of amides is 2. The predicted molar refractivity (Wildman–Crippen MR) is 81.4 cm³/mol. The van der Waals surface area contributed by atoms with Gasteiger partial charge in [-0.25, -0.2) is 0 Å². The number of carbonyl (C=O) groups is 2. The summed E-state index contributed by atoms with van der Waals surface area (Å²) >= 11 is 3.01. The van der Waals surface area contributed by atoms with Gasteiger partial charge in [0.25, 0.3) is 11.1 Å². The number of hydrogen-bond acceptors (Lipinski definition) is 5. The molecule has 1 fully saturated rings. The maximum atomic E-state index is 11.5. The van der Waals surface area contributed by atoms with Crippen LogP contribution in [0.3, 0.4) is 0 Å². The molecule has 0 atom stereocenters. The quantitative estimate of drug-likeness (QED) is 0.634. The van der Waals surface area contributed by atoms with Gasteiger partial charge in [-0.1, -0.05) is 0 Å². The molecule has 19 heavy (non-hydrogen) atoms. The van der Waals surface area contributed by atoms with Gasteiger partial charge in [0.05, 0.1) is 22.7 Å². The lowest BCUT2D eigenvalue weighted by atomic mass is 10.2. The lowest BCUT2D eigenvalue weighted by molar-refractivity contribution is -0.115. The van der Waals surface area contributed by atoms with Gasteiger partial charge < -0.3 is 9.47 Å². The Hall–Kier alpha value is -1.22. The summed E-state index contributed by atoms with van der Waals surface area (Å²) in [6.45, 7) is 0. The van der Waals surface area contributed by atoms with Crippen LogP contribution in [0.4, 0.5) is 4.79 Å². The summed E-state index contributed by atoms with van der Waals surface area (Å²) in [7, 11) is 3.11. The first-order valence-corrected chi connectivity index (χ1v) is 7.11. The van der Waals surface area contributed by atoms with Crippen LogP contribution >= 0.6 is 34.4 Å². The average molecular weight is 391 g/mol. The van der Waals surface area contributed by atoms with Crippen molar-refractivity contribution < 1.29 is 19.1 Å². The van der Waals surface area contributed by atoms with E-state index in [0.29, 0.717) is 16.4 Å². The van der Waals surface area contributed by atoms with E-state index in [4.69, 9.17) is 9.47 Å². The Morgan fingerprint density at radius 3 is 2.53 bits per heavy atom. The van der Waals surface area contributed by atoms with E-state index in [1.54, 1.807) is 26.4 Å². The number of hydrogen-bond donors (Lipinski definition) is 1. The summed E-state index contributed by atoms with van der Waals surface area (Å²) in [4.78, 5) is 22.9. The van der Waals surface area contributed by atoms with Crippen molar-refractivity contribution in [3.63, 3.8) is 0 Å². The lowest BCUT2D eigenvalue weighted by Crippen LogP contribution is -2.17. The summed E-state index contributed by atoms with van der Waals surface area (Å²) in [5, 5.41) is 1.86. The largest absolute Gasteiger partial charge is 0.493 e. The molecule has 2 amide bonds. The fraction of sp³-hybridized carbons (Fsp3) is 0.167. The van der Waals surface area contributed by atoms with Crippen LogP contribution < -0.4 is 14.8 Å². The molecule has 0 spiro atoms. The average Bonchev–Trinajstić information content (AvgIpc) is 2.67. The molecular weight excluding hydrogens is 381 g/mol. The Morgan fingerprint density at radius 2 is 2.00 bits per heavy atom. The van der Waals surface area contributed by atoms with Gasteiger partial charge in [0.15, 0.2) is 11.5 Å². The number of halogens is 1. The normalized spacial score (nSPS) is 16.7. The second-order valence-electron chi connectivity index (χ2n) is 3.59. The van der Waals surface area contributed by atoms with Crippen molar-refractivity contribution in [1.82, 2.24) is 5.32 Å². The van der Waals surface area contributed by atoms with E-state index < -0.39 is 0 Å². The molecule has 100 valence electrons. The third kappa shape index (κ3) is 3.03. The standard InChI is InChI=1S/C12H10INO4S/c1-17-8-4-6(3-7(13)10(8)18-2)5-9-11(15)14-12(16)19-9/h3-5H,1-2H3,(H,14,15,16)/b9-5-. The van der Waals surface area contributed by atoms with E-state index in [-0.39, 0.29) is 11.1 Å². The number of ether oxygens (including phenoxy) is 2. The number of carbonyl (C=O) groups excluding carboxylic acids is 2. The molecule has 0 unspecified atom stereocenters. The first-order valence-electron chi connectivity index (χ1n) is 5.21. The molecular formula is C12H10INO4S. The highest BCUT2D eigenvalue weighted by atomic mass is 127. The first kappa shape index (κ1) is 14.2. The van der Waals surface area contributed by atoms with E-state index in [2.05, 4.69) is 27.9 Å². The Balaban J connectivity index is 2.42. The molecule has 1 aromatic carbocycles. The zero-order valence-electron chi connectivity index (χ0n) is 10.2. The topological polar surface area (TPSA) is 64.6 Å². The van der Waals surface area contributed by atoms with Crippen LogP contribution in [0.15, 0.2) is 17.0 Å². The van der Waals surface area contributed by atoms with Gasteiger partial charge in [0, 0.05) is 0 Å². The molecule has 2 rings (SSSR count). The van der Waals surface area contributed by atoms with E-state index in [1.165, 1.54) is 0 Å². The van der Waals surface area contributed by atoms with Crippen LogP contribution in [-0.4, -0.2) is 25.4 Å². The first-order chi connectivity index (χ1) is 9.05. The maximum Gasteiger partial charge on any atom is 0.290 e. The van der Waals surface area contributed by atoms with Gasteiger partial charge in [0.2, 0.25) is 0 Å². The zero-order valence-corrected chi connectivity index (χ0v) is 13.1. The number of imide groups is 1. The summed E-state index contributed by atoms with van der Waals surface area (Å²) in [6, 6.07) is 3.61. The van der Waals surface area contributed by atoms with Crippen LogP contribution in [0.1, 0.15) is 5.56 Å². The van der Waals surface area contributed by atoms with E-state index in [9.17, 15) is 9.59 Å². The SMILES string of the molecule is COc1cc(/C=C2\SC(=O)NC2=O)cc(I)c1OC. The monoisotopic (exact) mass is 391 g/mol. The lowest BCUT2D eigenvalue weighted by Gasteiger charge is -2.10. The molecule has 0 aliphatic carbocycles. The van der Waals surface area contributed by atoms with Gasteiger partial charge in [-0.05, 0) is 58.1 Å². The second kappa shape index (κ2) is 5.83. The van der Waals surface area contributed by atoms with Crippen molar-refractivity contribution in [3.8, 4) is 11.5 Å². The molecule has 1 heterocycles. The number of thioether (sulfide) groups is 1. The summed E-state index contributed by atoms with van der Waals surface area (Å²) < 4.78 is 11.3.